The number of nitrogens with two attached hydrogens (primary N) is 1. The van der Waals surface area contributed by atoms with Crippen molar-refractivity contribution in [3.8, 4) is 0 Å². The maximum Gasteiger partial charge on any atom is 0.270 e. The highest BCUT2D eigenvalue weighted by molar-refractivity contribution is 5.93. The zero-order chi connectivity index (χ0) is 13.2. The summed E-state index contributed by atoms with van der Waals surface area (Å²) in [7, 11) is 0. The van der Waals surface area contributed by atoms with E-state index in [1.165, 1.54) is 32.4 Å². The second kappa shape index (κ2) is 5.25. The molecule has 19 heavy (non-hydrogen) atoms. The lowest BCUT2D eigenvalue weighted by Gasteiger charge is -2.37. The van der Waals surface area contributed by atoms with Crippen LogP contribution in [-0.4, -0.2) is 52.9 Å². The van der Waals surface area contributed by atoms with Gasteiger partial charge in [0.15, 0.2) is 0 Å². The molecule has 0 saturated carbocycles. The van der Waals surface area contributed by atoms with Crippen molar-refractivity contribution in [3.63, 3.8) is 0 Å². The van der Waals surface area contributed by atoms with Gasteiger partial charge in [-0.05, 0) is 44.8 Å². The second-order valence-corrected chi connectivity index (χ2v) is 5.64. The molecule has 0 bridgehead atoms. The van der Waals surface area contributed by atoms with Gasteiger partial charge in [0.2, 0.25) is 0 Å². The van der Waals surface area contributed by atoms with Crippen LogP contribution in [0.25, 0.3) is 0 Å². The van der Waals surface area contributed by atoms with E-state index in [2.05, 4.69) is 9.88 Å². The summed E-state index contributed by atoms with van der Waals surface area (Å²) in [5.74, 6) is 0.0839. The minimum atomic E-state index is 0.0839. The van der Waals surface area contributed by atoms with Crippen molar-refractivity contribution in [2.45, 2.75) is 31.7 Å². The molecule has 1 aromatic rings. The normalized spacial score (nSPS) is 24.8. The third-order valence-electron chi connectivity index (χ3n) is 4.28. The summed E-state index contributed by atoms with van der Waals surface area (Å²) in [5, 5.41) is 0. The molecule has 2 aliphatic rings. The highest BCUT2D eigenvalue weighted by Gasteiger charge is 2.29. The van der Waals surface area contributed by atoms with Crippen LogP contribution in [0, 0.1) is 0 Å². The number of anilines is 1. The third kappa shape index (κ3) is 2.61. The minimum absolute atomic E-state index is 0.0839. The van der Waals surface area contributed by atoms with E-state index < -0.39 is 0 Å². The molecule has 2 fully saturated rings. The summed E-state index contributed by atoms with van der Waals surface area (Å²) >= 11 is 0. The maximum atomic E-state index is 12.4. The minimum Gasteiger partial charge on any atom is -0.397 e. The van der Waals surface area contributed by atoms with Crippen LogP contribution < -0.4 is 5.73 Å². The van der Waals surface area contributed by atoms with Crippen LogP contribution in [0.4, 0.5) is 5.69 Å². The molecular weight excluding hydrogens is 240 g/mol. The van der Waals surface area contributed by atoms with Crippen molar-refractivity contribution in [2.75, 3.05) is 31.9 Å². The van der Waals surface area contributed by atoms with Gasteiger partial charge in [-0.25, -0.2) is 0 Å². The number of nitrogen functional groups attached to an aromatic ring is 1. The second-order valence-electron chi connectivity index (χ2n) is 5.64. The first-order valence-corrected chi connectivity index (χ1v) is 7.21. The largest absolute Gasteiger partial charge is 0.397 e. The van der Waals surface area contributed by atoms with E-state index >= 15 is 0 Å². The number of amides is 1. The van der Waals surface area contributed by atoms with Crippen LogP contribution in [0.3, 0.4) is 0 Å². The highest BCUT2D eigenvalue weighted by Crippen LogP contribution is 2.21. The highest BCUT2D eigenvalue weighted by atomic mass is 16.2. The summed E-state index contributed by atoms with van der Waals surface area (Å²) in [6.45, 7) is 4.12. The number of hydrogen-bond acceptors (Lipinski definition) is 3. The molecule has 2 aliphatic heterocycles. The molecule has 0 aliphatic carbocycles. The van der Waals surface area contributed by atoms with Crippen molar-refractivity contribution in [2.24, 2.45) is 0 Å². The quantitative estimate of drug-likeness (QED) is 0.844. The van der Waals surface area contributed by atoms with Crippen LogP contribution in [-0.2, 0) is 0 Å². The van der Waals surface area contributed by atoms with E-state index in [0.717, 1.165) is 19.5 Å². The van der Waals surface area contributed by atoms with Gasteiger partial charge in [-0.3, -0.25) is 9.69 Å². The fraction of sp³-hybridized carbons (Fsp3) is 0.643. The van der Waals surface area contributed by atoms with Crippen LogP contribution >= 0.6 is 0 Å². The van der Waals surface area contributed by atoms with Gasteiger partial charge in [-0.2, -0.15) is 0 Å². The van der Waals surface area contributed by atoms with Gasteiger partial charge in [-0.15, -0.1) is 0 Å². The number of nitrogens with zero attached hydrogens (tertiary/aromatic N) is 2. The van der Waals surface area contributed by atoms with E-state index in [1.54, 1.807) is 12.3 Å². The molecule has 0 spiro atoms. The van der Waals surface area contributed by atoms with E-state index in [4.69, 9.17) is 5.73 Å². The predicted octanol–water partition coefficient (Wildman–Crippen LogP) is 1.30. The number of carbonyl (C=O) groups is 1. The molecule has 5 heteroatoms. The summed E-state index contributed by atoms with van der Waals surface area (Å²) in [4.78, 5) is 19.9. The molecule has 1 aromatic heterocycles. The number of rotatable bonds is 2. The molecule has 1 unspecified atom stereocenters. The fourth-order valence-electron chi connectivity index (χ4n) is 3.25. The molecule has 3 rings (SSSR count). The Morgan fingerprint density at radius 3 is 2.74 bits per heavy atom. The Labute approximate surface area is 113 Å². The number of aromatic amines is 1. The number of piperidine rings is 1. The zero-order valence-electron chi connectivity index (χ0n) is 11.3. The lowest BCUT2D eigenvalue weighted by Crippen LogP contribution is -2.49. The third-order valence-corrected chi connectivity index (χ3v) is 4.28. The number of likely N-dealkylation sites (tertiary alicyclic amines) is 2. The lowest BCUT2D eigenvalue weighted by atomic mass is 10.0. The average Bonchev–Trinajstić information content (AvgIpc) is 3.09. The van der Waals surface area contributed by atoms with Gasteiger partial charge in [0, 0.05) is 31.0 Å². The van der Waals surface area contributed by atoms with Crippen molar-refractivity contribution < 1.29 is 4.79 Å². The zero-order valence-corrected chi connectivity index (χ0v) is 11.3. The molecule has 104 valence electrons. The molecular formula is C14H22N4O. The molecule has 1 atom stereocenters. The Morgan fingerprint density at radius 2 is 2.05 bits per heavy atom. The molecule has 3 heterocycles. The topological polar surface area (TPSA) is 65.4 Å². The van der Waals surface area contributed by atoms with Crippen molar-refractivity contribution in [1.82, 2.24) is 14.8 Å². The first kappa shape index (κ1) is 12.5. The summed E-state index contributed by atoms with van der Waals surface area (Å²) in [6.07, 6.45) is 6.60. The van der Waals surface area contributed by atoms with Gasteiger partial charge in [-0.1, -0.05) is 0 Å². The molecule has 3 N–H and O–H groups in total. The Kier molecular flexibility index (Phi) is 3.46. The van der Waals surface area contributed by atoms with Crippen molar-refractivity contribution in [3.05, 3.63) is 18.0 Å². The van der Waals surface area contributed by atoms with E-state index in [9.17, 15) is 4.79 Å². The Hall–Kier alpha value is -1.49. The van der Waals surface area contributed by atoms with Crippen molar-refractivity contribution >= 4 is 11.6 Å². The van der Waals surface area contributed by atoms with Gasteiger partial charge < -0.3 is 15.6 Å². The molecule has 0 aromatic carbocycles. The molecule has 2 saturated heterocycles. The average molecular weight is 262 g/mol. The number of aromatic nitrogens is 1. The number of H-pyrrole nitrogens is 1. The Morgan fingerprint density at radius 1 is 1.26 bits per heavy atom. The van der Waals surface area contributed by atoms with Gasteiger partial charge in [0.1, 0.15) is 5.69 Å². The van der Waals surface area contributed by atoms with Gasteiger partial charge in [0.05, 0.1) is 0 Å². The van der Waals surface area contributed by atoms with Crippen LogP contribution in [0.2, 0.25) is 0 Å². The Bertz CT molecular complexity index is 450. The lowest BCUT2D eigenvalue weighted by molar-refractivity contribution is 0.0603. The molecule has 5 nitrogen and oxygen atoms in total. The standard InChI is InChI=1S/C14H22N4O/c15-11-8-13(16-9-11)14(19)18-7-3-4-12(10-18)17-5-1-2-6-17/h8-9,12,16H,1-7,10,15H2. The fourth-order valence-corrected chi connectivity index (χ4v) is 3.25. The number of carbonyl (C=O) groups excluding carboxylic acids is 1. The van der Waals surface area contributed by atoms with Gasteiger partial charge >= 0.3 is 0 Å². The van der Waals surface area contributed by atoms with Crippen LogP contribution in [0.15, 0.2) is 12.3 Å². The summed E-state index contributed by atoms with van der Waals surface area (Å²) in [6, 6.07) is 2.27. The first-order chi connectivity index (χ1) is 9.24. The van der Waals surface area contributed by atoms with E-state index in [0.29, 0.717) is 17.4 Å². The summed E-state index contributed by atoms with van der Waals surface area (Å²) < 4.78 is 0. The van der Waals surface area contributed by atoms with Crippen LogP contribution in [0.5, 0.6) is 0 Å². The predicted molar refractivity (Wildman–Crippen MR) is 74.9 cm³/mol. The molecule has 1 amide bonds. The van der Waals surface area contributed by atoms with E-state index in [-0.39, 0.29) is 5.91 Å². The maximum absolute atomic E-state index is 12.4. The van der Waals surface area contributed by atoms with Crippen LogP contribution in [0.1, 0.15) is 36.2 Å². The number of nitrogens with one attached hydrogen (secondary N) is 1. The first-order valence-electron chi connectivity index (χ1n) is 7.21. The monoisotopic (exact) mass is 262 g/mol. The number of hydrogen-bond donors (Lipinski definition) is 2. The van der Waals surface area contributed by atoms with Crippen molar-refractivity contribution in [1.29, 1.82) is 0 Å². The SMILES string of the molecule is Nc1c[nH]c(C(=O)N2CCCC(N3CCCC3)C2)c1. The Balaban J connectivity index is 1.65. The summed E-state index contributed by atoms with van der Waals surface area (Å²) in [5.41, 5.74) is 6.89. The smallest absolute Gasteiger partial charge is 0.270 e. The van der Waals surface area contributed by atoms with Gasteiger partial charge in [0.25, 0.3) is 5.91 Å². The molecule has 0 radical (unpaired) electrons. The van der Waals surface area contributed by atoms with E-state index in [1.807, 2.05) is 4.90 Å².